The number of nitrogens with one attached hydrogen (secondary N) is 1. The van der Waals surface area contributed by atoms with E-state index < -0.39 is 5.97 Å². The van der Waals surface area contributed by atoms with E-state index in [1.165, 1.54) is 6.33 Å². The third-order valence-corrected chi connectivity index (χ3v) is 3.63. The molecule has 26 heavy (non-hydrogen) atoms. The Morgan fingerprint density at radius 3 is 2.69 bits per heavy atom. The van der Waals surface area contributed by atoms with Crippen LogP contribution in [-0.2, 0) is 22.7 Å². The smallest absolute Gasteiger partial charge is 0.338 e. The van der Waals surface area contributed by atoms with Gasteiger partial charge in [-0.05, 0) is 23.8 Å². The van der Waals surface area contributed by atoms with Crippen LogP contribution < -0.4 is 5.32 Å². The van der Waals surface area contributed by atoms with Crippen LogP contribution in [0, 0.1) is 0 Å². The third kappa shape index (κ3) is 5.01. The molecule has 2 aromatic carbocycles. The number of nitrogens with zero attached hydrogens (tertiary/aromatic N) is 3. The molecular formula is C19H18N4O3. The maximum absolute atomic E-state index is 12.2. The monoisotopic (exact) mass is 350 g/mol. The predicted octanol–water partition coefficient (Wildman–Crippen LogP) is 2.66. The summed E-state index contributed by atoms with van der Waals surface area (Å²) in [4.78, 5) is 28.0. The molecule has 0 fully saturated rings. The van der Waals surface area contributed by atoms with Gasteiger partial charge >= 0.3 is 5.97 Å². The summed E-state index contributed by atoms with van der Waals surface area (Å²) in [6.07, 6.45) is 3.23. The Hall–Kier alpha value is -3.48. The minimum Gasteiger partial charge on any atom is -0.457 e. The van der Waals surface area contributed by atoms with Gasteiger partial charge in [-0.3, -0.25) is 9.48 Å². The zero-order valence-corrected chi connectivity index (χ0v) is 14.0. The van der Waals surface area contributed by atoms with Crippen molar-refractivity contribution < 1.29 is 14.3 Å². The number of carbonyl (C=O) groups is 2. The zero-order valence-electron chi connectivity index (χ0n) is 14.0. The fraction of sp³-hybridized carbons (Fsp3) is 0.158. The van der Waals surface area contributed by atoms with Crippen molar-refractivity contribution in [1.29, 1.82) is 0 Å². The van der Waals surface area contributed by atoms with Crippen molar-refractivity contribution in [2.45, 2.75) is 19.6 Å². The number of aryl methyl sites for hydroxylation is 1. The van der Waals surface area contributed by atoms with Gasteiger partial charge in [0.25, 0.3) is 0 Å². The highest BCUT2D eigenvalue weighted by Gasteiger charge is 2.10. The molecule has 0 saturated carbocycles. The van der Waals surface area contributed by atoms with E-state index in [0.717, 1.165) is 5.56 Å². The lowest BCUT2D eigenvalue weighted by atomic mass is 10.2. The number of esters is 1. The van der Waals surface area contributed by atoms with Crippen LogP contribution in [0.5, 0.6) is 0 Å². The highest BCUT2D eigenvalue weighted by atomic mass is 16.5. The maximum atomic E-state index is 12.2. The summed E-state index contributed by atoms with van der Waals surface area (Å²) < 4.78 is 6.88. The van der Waals surface area contributed by atoms with Gasteiger partial charge in [0, 0.05) is 12.1 Å². The van der Waals surface area contributed by atoms with Gasteiger partial charge < -0.3 is 10.1 Å². The minimum atomic E-state index is -0.437. The summed E-state index contributed by atoms with van der Waals surface area (Å²) in [5, 5.41) is 6.71. The Labute approximate surface area is 150 Å². The van der Waals surface area contributed by atoms with Crippen LogP contribution in [0.3, 0.4) is 0 Å². The molecule has 0 unspecified atom stereocenters. The molecule has 7 heteroatoms. The molecule has 1 heterocycles. The van der Waals surface area contributed by atoms with Crippen LogP contribution >= 0.6 is 0 Å². The van der Waals surface area contributed by atoms with E-state index in [9.17, 15) is 9.59 Å². The summed E-state index contributed by atoms with van der Waals surface area (Å²) in [6, 6.07) is 16.1. The molecule has 0 spiro atoms. The third-order valence-electron chi connectivity index (χ3n) is 3.63. The van der Waals surface area contributed by atoms with Crippen LogP contribution in [0.1, 0.15) is 22.3 Å². The fourth-order valence-electron chi connectivity index (χ4n) is 2.32. The van der Waals surface area contributed by atoms with Gasteiger partial charge in [-0.1, -0.05) is 36.4 Å². The number of amides is 1. The first-order valence-corrected chi connectivity index (χ1v) is 8.14. The lowest BCUT2D eigenvalue weighted by Crippen LogP contribution is -2.15. The largest absolute Gasteiger partial charge is 0.457 e. The molecule has 0 aliphatic heterocycles. The molecule has 1 amide bonds. The molecular weight excluding hydrogens is 332 g/mol. The highest BCUT2D eigenvalue weighted by molar-refractivity contribution is 5.94. The van der Waals surface area contributed by atoms with Crippen molar-refractivity contribution in [1.82, 2.24) is 14.8 Å². The number of carbonyl (C=O) groups excluding carboxylic acids is 2. The van der Waals surface area contributed by atoms with E-state index in [1.54, 1.807) is 35.3 Å². The van der Waals surface area contributed by atoms with E-state index in [0.29, 0.717) is 17.8 Å². The van der Waals surface area contributed by atoms with E-state index in [1.807, 2.05) is 30.3 Å². The Morgan fingerprint density at radius 1 is 1.08 bits per heavy atom. The normalized spacial score (nSPS) is 10.3. The summed E-state index contributed by atoms with van der Waals surface area (Å²) in [5.41, 5.74) is 1.84. The molecule has 7 nitrogen and oxygen atoms in total. The molecule has 1 aromatic heterocycles. The van der Waals surface area contributed by atoms with Gasteiger partial charge in [-0.2, -0.15) is 5.10 Å². The van der Waals surface area contributed by atoms with Gasteiger partial charge in [0.05, 0.1) is 12.1 Å². The van der Waals surface area contributed by atoms with Crippen molar-refractivity contribution in [3.8, 4) is 0 Å². The first-order valence-electron chi connectivity index (χ1n) is 8.14. The topological polar surface area (TPSA) is 86.1 Å². The van der Waals surface area contributed by atoms with Crippen LogP contribution in [0.2, 0.25) is 0 Å². The lowest BCUT2D eigenvalue weighted by Gasteiger charge is -2.08. The molecule has 3 rings (SSSR count). The second-order valence-electron chi connectivity index (χ2n) is 5.60. The number of aromatic nitrogens is 3. The molecule has 0 saturated heterocycles. The molecule has 1 N–H and O–H groups in total. The van der Waals surface area contributed by atoms with Crippen LogP contribution in [0.4, 0.5) is 5.69 Å². The van der Waals surface area contributed by atoms with Crippen molar-refractivity contribution in [2.24, 2.45) is 0 Å². The Balaban J connectivity index is 1.53. The van der Waals surface area contributed by atoms with Crippen molar-refractivity contribution >= 4 is 17.6 Å². The van der Waals surface area contributed by atoms with E-state index >= 15 is 0 Å². The average molecular weight is 350 g/mol. The summed E-state index contributed by atoms with van der Waals surface area (Å²) >= 11 is 0. The second-order valence-corrected chi connectivity index (χ2v) is 5.60. The van der Waals surface area contributed by atoms with Gasteiger partial charge in [-0.15, -0.1) is 0 Å². The van der Waals surface area contributed by atoms with E-state index in [2.05, 4.69) is 15.4 Å². The maximum Gasteiger partial charge on any atom is 0.338 e. The molecule has 0 radical (unpaired) electrons. The van der Waals surface area contributed by atoms with Crippen molar-refractivity contribution in [3.05, 3.63) is 78.4 Å². The molecule has 3 aromatic rings. The van der Waals surface area contributed by atoms with Crippen molar-refractivity contribution in [3.63, 3.8) is 0 Å². The summed E-state index contributed by atoms with van der Waals surface area (Å²) in [5.74, 6) is -0.608. The fourth-order valence-corrected chi connectivity index (χ4v) is 2.32. The average Bonchev–Trinajstić information content (AvgIpc) is 3.19. The number of benzene rings is 2. The van der Waals surface area contributed by atoms with Crippen LogP contribution in [0.15, 0.2) is 67.3 Å². The number of anilines is 1. The molecule has 0 aliphatic carbocycles. The lowest BCUT2D eigenvalue weighted by molar-refractivity contribution is -0.116. The molecule has 132 valence electrons. The highest BCUT2D eigenvalue weighted by Crippen LogP contribution is 2.13. The van der Waals surface area contributed by atoms with Crippen LogP contribution in [-0.4, -0.2) is 26.6 Å². The van der Waals surface area contributed by atoms with Crippen LogP contribution in [0.25, 0.3) is 0 Å². The Kier molecular flexibility index (Phi) is 5.72. The van der Waals surface area contributed by atoms with E-state index in [4.69, 9.17) is 4.74 Å². The second kappa shape index (κ2) is 8.57. The predicted molar refractivity (Wildman–Crippen MR) is 95.3 cm³/mol. The number of hydrogen-bond acceptors (Lipinski definition) is 5. The molecule has 0 atom stereocenters. The van der Waals surface area contributed by atoms with Gasteiger partial charge in [0.1, 0.15) is 19.3 Å². The number of rotatable bonds is 7. The van der Waals surface area contributed by atoms with E-state index in [-0.39, 0.29) is 18.9 Å². The SMILES string of the molecule is O=C(CCn1cncn1)Nc1cccc(C(=O)OCc2ccccc2)c1. The zero-order chi connectivity index (χ0) is 18.2. The molecule has 0 bridgehead atoms. The summed E-state index contributed by atoms with van der Waals surface area (Å²) in [6.45, 7) is 0.638. The Morgan fingerprint density at radius 2 is 1.92 bits per heavy atom. The Bertz CT molecular complexity index is 864. The molecule has 0 aliphatic rings. The van der Waals surface area contributed by atoms with Gasteiger partial charge in [0.2, 0.25) is 5.91 Å². The first kappa shape index (κ1) is 17.3. The quantitative estimate of drug-likeness (QED) is 0.662. The standard InChI is InChI=1S/C19H18N4O3/c24-18(9-10-23-14-20-13-21-23)22-17-8-4-7-16(11-17)19(25)26-12-15-5-2-1-3-6-15/h1-8,11,13-14H,9-10,12H2,(H,22,24). The minimum absolute atomic E-state index is 0.171. The van der Waals surface area contributed by atoms with Gasteiger partial charge in [-0.25, -0.2) is 9.78 Å². The van der Waals surface area contributed by atoms with Gasteiger partial charge in [0.15, 0.2) is 0 Å². The number of ether oxygens (including phenoxy) is 1. The number of hydrogen-bond donors (Lipinski definition) is 1. The summed E-state index contributed by atoms with van der Waals surface area (Å²) in [7, 11) is 0. The van der Waals surface area contributed by atoms with Crippen molar-refractivity contribution in [2.75, 3.05) is 5.32 Å². The first-order chi connectivity index (χ1) is 12.7.